The van der Waals surface area contributed by atoms with Crippen LogP contribution in [-0.4, -0.2) is 19.5 Å². The smallest absolute Gasteiger partial charge is 0.153 e. The van der Waals surface area contributed by atoms with Crippen LogP contribution in [0.5, 0.6) is 11.5 Å². The van der Waals surface area contributed by atoms with E-state index in [1.165, 1.54) is 0 Å². The molecular weight excluding hydrogens is 228 g/mol. The molecule has 1 aromatic rings. The van der Waals surface area contributed by atoms with Gasteiger partial charge < -0.3 is 9.47 Å². The van der Waals surface area contributed by atoms with Crippen LogP contribution in [0.2, 0.25) is 0 Å². The third kappa shape index (κ3) is 4.40. The van der Waals surface area contributed by atoms with E-state index in [0.29, 0.717) is 30.4 Å². The number of benzene rings is 1. The molecule has 0 aliphatic rings. The molecule has 0 aromatic heterocycles. The van der Waals surface area contributed by atoms with Gasteiger partial charge in [-0.15, -0.1) is 0 Å². The first kappa shape index (κ1) is 14.6. The number of aldehydes is 1. The molecule has 0 amide bonds. The Labute approximate surface area is 109 Å². The zero-order valence-corrected chi connectivity index (χ0v) is 11.4. The average molecular weight is 250 g/mol. The van der Waals surface area contributed by atoms with Gasteiger partial charge in [0.1, 0.15) is 11.5 Å². The molecule has 3 heteroatoms. The number of carbonyl (C=O) groups is 1. The van der Waals surface area contributed by atoms with E-state index in [-0.39, 0.29) is 0 Å². The van der Waals surface area contributed by atoms with Crippen LogP contribution >= 0.6 is 0 Å². The zero-order chi connectivity index (χ0) is 13.4. The molecule has 0 N–H and O–H groups in total. The molecule has 0 bridgehead atoms. The zero-order valence-electron chi connectivity index (χ0n) is 11.4. The highest BCUT2D eigenvalue weighted by molar-refractivity contribution is 5.79. The molecule has 0 radical (unpaired) electrons. The van der Waals surface area contributed by atoms with Crippen LogP contribution in [0.4, 0.5) is 0 Å². The Morgan fingerprint density at radius 3 is 2.67 bits per heavy atom. The minimum atomic E-state index is 0.477. The van der Waals surface area contributed by atoms with E-state index >= 15 is 0 Å². The molecule has 18 heavy (non-hydrogen) atoms. The van der Waals surface area contributed by atoms with Crippen molar-refractivity contribution in [2.24, 2.45) is 5.92 Å². The van der Waals surface area contributed by atoms with E-state index in [0.717, 1.165) is 24.9 Å². The Hall–Kier alpha value is -1.51. The van der Waals surface area contributed by atoms with Crippen molar-refractivity contribution in [2.45, 2.75) is 33.6 Å². The van der Waals surface area contributed by atoms with Gasteiger partial charge in [0.2, 0.25) is 0 Å². The molecule has 1 unspecified atom stereocenters. The summed E-state index contributed by atoms with van der Waals surface area (Å²) in [6.45, 7) is 7.59. The Bertz CT molecular complexity index is 374. The van der Waals surface area contributed by atoms with Gasteiger partial charge in [0.25, 0.3) is 0 Å². The lowest BCUT2D eigenvalue weighted by Crippen LogP contribution is -2.08. The highest BCUT2D eigenvalue weighted by Crippen LogP contribution is 2.24. The first-order valence-corrected chi connectivity index (χ1v) is 6.56. The molecule has 1 aromatic carbocycles. The third-order valence-corrected chi connectivity index (χ3v) is 2.81. The quantitative estimate of drug-likeness (QED) is 0.660. The maximum absolute atomic E-state index is 10.9. The van der Waals surface area contributed by atoms with E-state index < -0.39 is 0 Å². The Morgan fingerprint density at radius 2 is 2.06 bits per heavy atom. The minimum Gasteiger partial charge on any atom is -0.493 e. The van der Waals surface area contributed by atoms with Crippen molar-refractivity contribution in [3.05, 3.63) is 23.8 Å². The van der Waals surface area contributed by atoms with Crippen LogP contribution in [0.1, 0.15) is 44.0 Å². The van der Waals surface area contributed by atoms with Gasteiger partial charge in [-0.1, -0.05) is 27.2 Å². The molecule has 0 heterocycles. The van der Waals surface area contributed by atoms with Gasteiger partial charge in [-0.05, 0) is 24.5 Å². The fourth-order valence-corrected chi connectivity index (χ4v) is 1.40. The summed E-state index contributed by atoms with van der Waals surface area (Å²) in [5.41, 5.74) is 0.571. The van der Waals surface area contributed by atoms with Crippen molar-refractivity contribution in [3.63, 3.8) is 0 Å². The fraction of sp³-hybridized carbons (Fsp3) is 0.533. The van der Waals surface area contributed by atoms with E-state index in [4.69, 9.17) is 9.47 Å². The van der Waals surface area contributed by atoms with Gasteiger partial charge in [0.15, 0.2) is 6.29 Å². The molecule has 0 saturated heterocycles. The summed E-state index contributed by atoms with van der Waals surface area (Å²) in [4.78, 5) is 10.9. The normalized spacial score (nSPS) is 11.9. The molecule has 1 atom stereocenters. The van der Waals surface area contributed by atoms with Gasteiger partial charge in [-0.25, -0.2) is 0 Å². The number of hydrogen-bond donors (Lipinski definition) is 0. The summed E-state index contributed by atoms with van der Waals surface area (Å²) in [7, 11) is 0. The van der Waals surface area contributed by atoms with E-state index in [2.05, 4.69) is 20.8 Å². The second-order valence-corrected chi connectivity index (χ2v) is 4.49. The predicted octanol–water partition coefficient (Wildman–Crippen LogP) is 3.71. The number of rotatable bonds is 8. The Balaban J connectivity index is 2.75. The lowest BCUT2D eigenvalue weighted by atomic mass is 10.1. The van der Waals surface area contributed by atoms with Gasteiger partial charge in [-0.2, -0.15) is 0 Å². The minimum absolute atomic E-state index is 0.477. The van der Waals surface area contributed by atoms with Crippen LogP contribution in [0.25, 0.3) is 0 Å². The average Bonchev–Trinajstić information content (AvgIpc) is 2.42. The second-order valence-electron chi connectivity index (χ2n) is 4.49. The lowest BCUT2D eigenvalue weighted by molar-refractivity contribution is 0.111. The molecule has 100 valence electrons. The Kier molecular flexibility index (Phi) is 6.26. The summed E-state index contributed by atoms with van der Waals surface area (Å²) in [6, 6.07) is 5.33. The summed E-state index contributed by atoms with van der Waals surface area (Å²) >= 11 is 0. The van der Waals surface area contributed by atoms with Gasteiger partial charge in [0, 0.05) is 6.07 Å². The first-order chi connectivity index (χ1) is 8.71. The number of carbonyl (C=O) groups excluding carboxylic acids is 1. The largest absolute Gasteiger partial charge is 0.493 e. The lowest BCUT2D eigenvalue weighted by Gasteiger charge is -2.14. The first-order valence-electron chi connectivity index (χ1n) is 6.56. The van der Waals surface area contributed by atoms with Crippen molar-refractivity contribution in [1.29, 1.82) is 0 Å². The number of hydrogen-bond acceptors (Lipinski definition) is 3. The molecule has 1 rings (SSSR count). The summed E-state index contributed by atoms with van der Waals surface area (Å²) in [5.74, 6) is 1.84. The van der Waals surface area contributed by atoms with Gasteiger partial charge in [-0.3, -0.25) is 4.79 Å². The standard InChI is InChI=1S/C15H22O3/c1-4-8-17-14-7-6-13(10-16)15(9-14)18-11-12(3)5-2/h6-7,9-10,12H,4-5,8,11H2,1-3H3. The summed E-state index contributed by atoms with van der Waals surface area (Å²) in [6.07, 6.45) is 2.83. The molecule has 0 spiro atoms. The third-order valence-electron chi connectivity index (χ3n) is 2.81. The highest BCUT2D eigenvalue weighted by atomic mass is 16.5. The SMILES string of the molecule is CCCOc1ccc(C=O)c(OCC(C)CC)c1. The second kappa shape index (κ2) is 7.75. The van der Waals surface area contributed by atoms with Crippen molar-refractivity contribution < 1.29 is 14.3 Å². The predicted molar refractivity (Wildman–Crippen MR) is 72.6 cm³/mol. The topological polar surface area (TPSA) is 35.5 Å². The monoisotopic (exact) mass is 250 g/mol. The van der Waals surface area contributed by atoms with E-state index in [9.17, 15) is 4.79 Å². The molecule has 0 aliphatic carbocycles. The molecule has 0 saturated carbocycles. The number of ether oxygens (including phenoxy) is 2. The van der Waals surface area contributed by atoms with Crippen molar-refractivity contribution in [2.75, 3.05) is 13.2 Å². The van der Waals surface area contributed by atoms with Crippen LogP contribution in [0, 0.1) is 5.92 Å². The van der Waals surface area contributed by atoms with Crippen molar-refractivity contribution in [1.82, 2.24) is 0 Å². The molecule has 0 aliphatic heterocycles. The maximum atomic E-state index is 10.9. The highest BCUT2D eigenvalue weighted by Gasteiger charge is 2.07. The van der Waals surface area contributed by atoms with Gasteiger partial charge >= 0.3 is 0 Å². The molecule has 0 fully saturated rings. The van der Waals surface area contributed by atoms with E-state index in [1.54, 1.807) is 18.2 Å². The van der Waals surface area contributed by atoms with Crippen molar-refractivity contribution in [3.8, 4) is 11.5 Å². The van der Waals surface area contributed by atoms with Crippen LogP contribution in [-0.2, 0) is 0 Å². The van der Waals surface area contributed by atoms with Crippen LogP contribution in [0.3, 0.4) is 0 Å². The van der Waals surface area contributed by atoms with Crippen molar-refractivity contribution >= 4 is 6.29 Å². The van der Waals surface area contributed by atoms with Crippen LogP contribution in [0.15, 0.2) is 18.2 Å². The Morgan fingerprint density at radius 1 is 1.28 bits per heavy atom. The van der Waals surface area contributed by atoms with Crippen LogP contribution < -0.4 is 9.47 Å². The summed E-state index contributed by atoms with van der Waals surface area (Å²) < 4.78 is 11.2. The van der Waals surface area contributed by atoms with E-state index in [1.807, 2.05) is 0 Å². The fourth-order valence-electron chi connectivity index (χ4n) is 1.40. The van der Waals surface area contributed by atoms with Gasteiger partial charge in [0.05, 0.1) is 18.8 Å². The molecule has 3 nitrogen and oxygen atoms in total. The summed E-state index contributed by atoms with van der Waals surface area (Å²) in [5, 5.41) is 0. The maximum Gasteiger partial charge on any atom is 0.153 e. The molecular formula is C15H22O3.